The molecular weight excluding hydrogens is 254 g/mol. The van der Waals surface area contributed by atoms with Crippen LogP contribution in [-0.4, -0.2) is 34.5 Å². The molecule has 1 N–H and O–H groups in total. The van der Waals surface area contributed by atoms with E-state index < -0.39 is 5.97 Å². The van der Waals surface area contributed by atoms with E-state index in [1.165, 1.54) is 10.5 Å². The Balaban J connectivity index is 1.87. The number of hydrogen-bond donors (Lipinski definition) is 1. The van der Waals surface area contributed by atoms with Crippen molar-refractivity contribution in [2.75, 3.05) is 6.54 Å². The molecule has 0 bridgehead atoms. The number of aryl methyl sites for hydroxylation is 2. The van der Waals surface area contributed by atoms with Gasteiger partial charge >= 0.3 is 5.97 Å². The first-order chi connectivity index (χ1) is 9.60. The van der Waals surface area contributed by atoms with Crippen LogP contribution in [0, 0.1) is 0 Å². The van der Waals surface area contributed by atoms with Crippen LogP contribution in [-0.2, 0) is 22.4 Å². The zero-order valence-electron chi connectivity index (χ0n) is 11.8. The van der Waals surface area contributed by atoms with Crippen molar-refractivity contribution in [3.8, 4) is 0 Å². The Bertz CT molecular complexity index is 477. The molecule has 1 amide bonds. The molecule has 0 radical (unpaired) electrons. The summed E-state index contributed by atoms with van der Waals surface area (Å²) in [6, 6.07) is 8.40. The van der Waals surface area contributed by atoms with Gasteiger partial charge in [-0.15, -0.1) is 0 Å². The molecule has 1 aromatic carbocycles. The normalized spacial score (nSPS) is 14.1. The summed E-state index contributed by atoms with van der Waals surface area (Å²) in [6.45, 7) is 1.94. The molecule has 0 saturated heterocycles. The predicted molar refractivity (Wildman–Crippen MR) is 76.5 cm³/mol. The summed E-state index contributed by atoms with van der Waals surface area (Å²) in [4.78, 5) is 24.4. The number of hydrogen-bond acceptors (Lipinski definition) is 2. The lowest BCUT2D eigenvalue weighted by Crippen LogP contribution is -2.37. The van der Waals surface area contributed by atoms with Crippen molar-refractivity contribution in [1.29, 1.82) is 0 Å². The Morgan fingerprint density at radius 2 is 1.80 bits per heavy atom. The molecule has 0 aliphatic heterocycles. The lowest BCUT2D eigenvalue weighted by molar-refractivity contribution is -0.144. The fourth-order valence-corrected chi connectivity index (χ4v) is 2.29. The number of rotatable bonds is 7. The predicted octanol–water partition coefficient (Wildman–Crippen LogP) is 2.26. The van der Waals surface area contributed by atoms with E-state index in [2.05, 4.69) is 19.1 Å². The van der Waals surface area contributed by atoms with E-state index in [0.29, 0.717) is 12.8 Å². The number of nitrogens with zero attached hydrogens (tertiary/aromatic N) is 1. The maximum Gasteiger partial charge on any atom is 0.323 e. The standard InChI is InChI=1S/C16H21NO3/c1-2-12-3-5-13(6-4-12)7-10-15(18)17(11-16(19)20)14-8-9-14/h3-6,14H,2,7-11H2,1H3,(H,19,20). The fraction of sp³-hybridized carbons (Fsp3) is 0.500. The van der Waals surface area contributed by atoms with Gasteiger partial charge in [-0.2, -0.15) is 0 Å². The summed E-state index contributed by atoms with van der Waals surface area (Å²) in [5, 5.41) is 8.86. The van der Waals surface area contributed by atoms with Gasteiger partial charge in [-0.25, -0.2) is 0 Å². The van der Waals surface area contributed by atoms with E-state index in [9.17, 15) is 9.59 Å². The van der Waals surface area contributed by atoms with Gasteiger partial charge in [-0.3, -0.25) is 9.59 Å². The smallest absolute Gasteiger partial charge is 0.323 e. The lowest BCUT2D eigenvalue weighted by atomic mass is 10.1. The van der Waals surface area contributed by atoms with Crippen LogP contribution in [0.1, 0.15) is 37.3 Å². The van der Waals surface area contributed by atoms with Crippen molar-refractivity contribution in [2.24, 2.45) is 0 Å². The molecule has 0 aromatic heterocycles. The number of carbonyl (C=O) groups is 2. The van der Waals surface area contributed by atoms with Crippen molar-refractivity contribution in [3.05, 3.63) is 35.4 Å². The van der Waals surface area contributed by atoms with E-state index >= 15 is 0 Å². The minimum absolute atomic E-state index is 0.0468. The van der Waals surface area contributed by atoms with Crippen LogP contribution in [0.4, 0.5) is 0 Å². The van der Waals surface area contributed by atoms with Crippen molar-refractivity contribution >= 4 is 11.9 Å². The number of benzene rings is 1. The number of amides is 1. The van der Waals surface area contributed by atoms with Gasteiger partial charge in [-0.1, -0.05) is 31.2 Å². The maximum absolute atomic E-state index is 12.1. The molecule has 1 aliphatic rings. The van der Waals surface area contributed by atoms with Gasteiger partial charge in [0.2, 0.25) is 5.91 Å². The molecule has 1 fully saturated rings. The quantitative estimate of drug-likeness (QED) is 0.830. The van der Waals surface area contributed by atoms with Crippen molar-refractivity contribution in [3.63, 3.8) is 0 Å². The summed E-state index contributed by atoms with van der Waals surface area (Å²) >= 11 is 0. The Kier molecular flexibility index (Phi) is 4.77. The van der Waals surface area contributed by atoms with Crippen LogP contribution in [0.25, 0.3) is 0 Å². The summed E-state index contributed by atoms with van der Waals surface area (Å²) < 4.78 is 0. The molecule has 1 aromatic rings. The molecule has 0 atom stereocenters. The first kappa shape index (κ1) is 14.6. The highest BCUT2D eigenvalue weighted by Gasteiger charge is 2.33. The van der Waals surface area contributed by atoms with Gasteiger partial charge in [0, 0.05) is 12.5 Å². The molecule has 4 nitrogen and oxygen atoms in total. The third-order valence-electron chi connectivity index (χ3n) is 3.67. The van der Waals surface area contributed by atoms with E-state index in [4.69, 9.17) is 5.11 Å². The van der Waals surface area contributed by atoms with Gasteiger partial charge in [-0.05, 0) is 36.8 Å². The average Bonchev–Trinajstić information content (AvgIpc) is 3.27. The first-order valence-corrected chi connectivity index (χ1v) is 7.19. The third kappa shape index (κ3) is 4.08. The molecule has 0 unspecified atom stereocenters. The van der Waals surface area contributed by atoms with Gasteiger partial charge in [0.1, 0.15) is 6.54 Å². The molecule has 0 spiro atoms. The molecule has 20 heavy (non-hydrogen) atoms. The molecular formula is C16H21NO3. The molecule has 1 aliphatic carbocycles. The molecule has 2 rings (SSSR count). The van der Waals surface area contributed by atoms with Crippen LogP contribution in [0.15, 0.2) is 24.3 Å². The van der Waals surface area contributed by atoms with E-state index in [1.807, 2.05) is 12.1 Å². The summed E-state index contributed by atoms with van der Waals surface area (Å²) in [5.41, 5.74) is 2.41. The van der Waals surface area contributed by atoms with Crippen LogP contribution >= 0.6 is 0 Å². The van der Waals surface area contributed by atoms with Gasteiger partial charge in [0.05, 0.1) is 0 Å². The lowest BCUT2D eigenvalue weighted by Gasteiger charge is -2.20. The molecule has 0 heterocycles. The highest BCUT2D eigenvalue weighted by molar-refractivity contribution is 5.82. The average molecular weight is 275 g/mol. The second-order valence-corrected chi connectivity index (χ2v) is 5.32. The van der Waals surface area contributed by atoms with E-state index in [1.54, 1.807) is 0 Å². The molecule has 108 valence electrons. The monoisotopic (exact) mass is 275 g/mol. The summed E-state index contributed by atoms with van der Waals surface area (Å²) in [6.07, 6.45) is 3.93. The van der Waals surface area contributed by atoms with Crippen molar-refractivity contribution in [1.82, 2.24) is 4.90 Å². The number of carbonyl (C=O) groups excluding carboxylic acids is 1. The first-order valence-electron chi connectivity index (χ1n) is 7.19. The van der Waals surface area contributed by atoms with Crippen molar-refractivity contribution in [2.45, 2.75) is 45.1 Å². The summed E-state index contributed by atoms with van der Waals surface area (Å²) in [7, 11) is 0. The van der Waals surface area contributed by atoms with Gasteiger partial charge in [0.25, 0.3) is 0 Å². The Hall–Kier alpha value is -1.84. The Morgan fingerprint density at radius 1 is 1.20 bits per heavy atom. The second kappa shape index (κ2) is 6.55. The van der Waals surface area contributed by atoms with Crippen LogP contribution in [0.2, 0.25) is 0 Å². The SMILES string of the molecule is CCc1ccc(CCC(=O)N(CC(=O)O)C2CC2)cc1. The molecule has 1 saturated carbocycles. The Morgan fingerprint density at radius 3 is 2.30 bits per heavy atom. The van der Waals surface area contributed by atoms with E-state index in [0.717, 1.165) is 24.8 Å². The number of carboxylic acids is 1. The zero-order valence-corrected chi connectivity index (χ0v) is 11.8. The van der Waals surface area contributed by atoms with Gasteiger partial charge in [0.15, 0.2) is 0 Å². The van der Waals surface area contributed by atoms with Crippen molar-refractivity contribution < 1.29 is 14.7 Å². The minimum Gasteiger partial charge on any atom is -0.480 e. The molecule has 4 heteroatoms. The number of carboxylic acid groups (broad SMARTS) is 1. The third-order valence-corrected chi connectivity index (χ3v) is 3.67. The zero-order chi connectivity index (χ0) is 14.5. The minimum atomic E-state index is -0.933. The Labute approximate surface area is 119 Å². The van der Waals surface area contributed by atoms with Gasteiger partial charge < -0.3 is 10.0 Å². The highest BCUT2D eigenvalue weighted by Crippen LogP contribution is 2.27. The van der Waals surface area contributed by atoms with Crippen LogP contribution < -0.4 is 0 Å². The number of aliphatic carboxylic acids is 1. The maximum atomic E-state index is 12.1. The fourth-order valence-electron chi connectivity index (χ4n) is 2.29. The van der Waals surface area contributed by atoms with Crippen LogP contribution in [0.5, 0.6) is 0 Å². The van der Waals surface area contributed by atoms with Crippen LogP contribution in [0.3, 0.4) is 0 Å². The largest absolute Gasteiger partial charge is 0.480 e. The highest BCUT2D eigenvalue weighted by atomic mass is 16.4. The topological polar surface area (TPSA) is 57.6 Å². The summed E-state index contributed by atoms with van der Waals surface area (Å²) in [5.74, 6) is -0.980. The van der Waals surface area contributed by atoms with E-state index in [-0.39, 0.29) is 18.5 Å². The second-order valence-electron chi connectivity index (χ2n) is 5.32.